The molecule has 0 aromatic heterocycles. The SMILES string of the molecule is O=C1NC(=O)c2ccc(Br)cc2C1=CNCc1ccc2c(c1)OC(C(=O)O)(C(=O)O)O2. The van der Waals surface area contributed by atoms with Gasteiger partial charge in [-0.2, -0.15) is 0 Å². The van der Waals surface area contributed by atoms with E-state index in [0.717, 1.165) is 0 Å². The zero-order chi connectivity index (χ0) is 22.3. The highest BCUT2D eigenvalue weighted by Crippen LogP contribution is 2.40. The minimum atomic E-state index is -2.83. The van der Waals surface area contributed by atoms with E-state index >= 15 is 0 Å². The third kappa shape index (κ3) is 3.48. The summed E-state index contributed by atoms with van der Waals surface area (Å²) in [6.45, 7) is 0.192. The lowest BCUT2D eigenvalue weighted by Crippen LogP contribution is -2.54. The number of aliphatic carboxylic acids is 2. The molecule has 2 amide bonds. The number of carboxylic acids is 2. The first-order valence-electron chi connectivity index (χ1n) is 8.78. The maximum absolute atomic E-state index is 12.3. The minimum absolute atomic E-state index is 0.0177. The molecule has 31 heavy (non-hydrogen) atoms. The number of ether oxygens (including phenoxy) is 2. The van der Waals surface area contributed by atoms with Crippen LogP contribution in [0.25, 0.3) is 5.57 Å². The number of carbonyl (C=O) groups is 4. The van der Waals surface area contributed by atoms with E-state index in [1.807, 2.05) is 0 Å². The topological polar surface area (TPSA) is 151 Å². The first kappa shape index (κ1) is 20.4. The highest BCUT2D eigenvalue weighted by atomic mass is 79.9. The molecule has 2 aromatic carbocycles. The molecular formula is C20H13BrN2O8. The van der Waals surface area contributed by atoms with Crippen molar-refractivity contribution >= 4 is 45.3 Å². The molecule has 11 heteroatoms. The lowest BCUT2D eigenvalue weighted by molar-refractivity contribution is -0.194. The van der Waals surface area contributed by atoms with Crippen LogP contribution in [0.5, 0.6) is 11.5 Å². The van der Waals surface area contributed by atoms with Crippen molar-refractivity contribution in [2.45, 2.75) is 12.3 Å². The van der Waals surface area contributed by atoms with Gasteiger partial charge in [0.2, 0.25) is 0 Å². The molecule has 0 spiro atoms. The van der Waals surface area contributed by atoms with E-state index in [4.69, 9.17) is 9.47 Å². The summed E-state index contributed by atoms with van der Waals surface area (Å²) in [5.74, 6) is -7.50. The molecule has 2 aromatic rings. The second-order valence-corrected chi connectivity index (χ2v) is 7.54. The summed E-state index contributed by atoms with van der Waals surface area (Å²) in [5, 5.41) is 23.6. The molecule has 0 aliphatic carbocycles. The van der Waals surface area contributed by atoms with Crippen molar-refractivity contribution in [2.75, 3.05) is 0 Å². The van der Waals surface area contributed by atoms with Crippen LogP contribution in [-0.4, -0.2) is 39.8 Å². The Hall–Kier alpha value is -3.86. The Kier molecular flexibility index (Phi) is 4.90. The third-order valence-corrected chi connectivity index (χ3v) is 5.11. The monoisotopic (exact) mass is 488 g/mol. The van der Waals surface area contributed by atoms with E-state index < -0.39 is 29.5 Å². The Balaban J connectivity index is 1.54. The molecule has 0 bridgehead atoms. The quantitative estimate of drug-likeness (QED) is 0.278. The molecule has 10 nitrogen and oxygen atoms in total. The maximum atomic E-state index is 12.3. The highest BCUT2D eigenvalue weighted by Gasteiger charge is 2.57. The molecule has 0 saturated heterocycles. The Morgan fingerprint density at radius 2 is 1.71 bits per heavy atom. The van der Waals surface area contributed by atoms with Gasteiger partial charge in [0.15, 0.2) is 11.5 Å². The summed E-state index contributed by atoms with van der Waals surface area (Å²) < 4.78 is 10.8. The molecule has 4 N–H and O–H groups in total. The molecule has 0 atom stereocenters. The number of amides is 2. The molecule has 0 radical (unpaired) electrons. The minimum Gasteiger partial charge on any atom is -0.475 e. The third-order valence-electron chi connectivity index (χ3n) is 4.62. The van der Waals surface area contributed by atoms with Gasteiger partial charge in [-0.1, -0.05) is 22.0 Å². The fourth-order valence-electron chi connectivity index (χ4n) is 3.13. The van der Waals surface area contributed by atoms with E-state index in [1.54, 1.807) is 24.3 Å². The summed E-state index contributed by atoms with van der Waals surface area (Å²) in [6.07, 6.45) is 1.45. The summed E-state index contributed by atoms with van der Waals surface area (Å²) >= 11 is 3.32. The van der Waals surface area contributed by atoms with Gasteiger partial charge < -0.3 is 25.0 Å². The fourth-order valence-corrected chi connectivity index (χ4v) is 3.50. The number of carboxylic acid groups (broad SMARTS) is 2. The predicted octanol–water partition coefficient (Wildman–Crippen LogP) is 1.49. The van der Waals surface area contributed by atoms with E-state index in [1.165, 1.54) is 18.3 Å². The smallest absolute Gasteiger partial charge is 0.453 e. The number of halogens is 1. The van der Waals surface area contributed by atoms with E-state index in [2.05, 4.69) is 26.6 Å². The van der Waals surface area contributed by atoms with Crippen molar-refractivity contribution in [3.05, 3.63) is 63.8 Å². The number of nitrogens with one attached hydrogen (secondary N) is 2. The van der Waals surface area contributed by atoms with Crippen LogP contribution < -0.4 is 20.1 Å². The number of fused-ring (bicyclic) bond motifs is 2. The van der Waals surface area contributed by atoms with Crippen molar-refractivity contribution in [2.24, 2.45) is 0 Å². The van der Waals surface area contributed by atoms with E-state index in [-0.39, 0.29) is 23.6 Å². The van der Waals surface area contributed by atoms with Crippen molar-refractivity contribution in [1.29, 1.82) is 0 Å². The lowest BCUT2D eigenvalue weighted by Gasteiger charge is -2.18. The van der Waals surface area contributed by atoms with Gasteiger partial charge in [0, 0.05) is 28.3 Å². The molecular weight excluding hydrogens is 476 g/mol. The van der Waals surface area contributed by atoms with Gasteiger partial charge in [-0.15, -0.1) is 0 Å². The number of hydrogen-bond donors (Lipinski definition) is 4. The molecule has 158 valence electrons. The average Bonchev–Trinajstić information content (AvgIpc) is 3.11. The lowest BCUT2D eigenvalue weighted by atomic mass is 9.95. The Bertz CT molecular complexity index is 1180. The summed E-state index contributed by atoms with van der Waals surface area (Å²) in [7, 11) is 0. The molecule has 0 unspecified atom stereocenters. The van der Waals surface area contributed by atoms with Crippen LogP contribution in [0.15, 0.2) is 47.1 Å². The van der Waals surface area contributed by atoms with Crippen molar-refractivity contribution in [1.82, 2.24) is 10.6 Å². The summed E-state index contributed by atoms with van der Waals surface area (Å²) in [5.41, 5.74) is 1.69. The average molecular weight is 489 g/mol. The largest absolute Gasteiger partial charge is 0.475 e. The van der Waals surface area contributed by atoms with Crippen molar-refractivity contribution in [3.8, 4) is 11.5 Å². The van der Waals surface area contributed by atoms with Crippen LogP contribution in [0.1, 0.15) is 21.5 Å². The number of hydrogen-bond acceptors (Lipinski definition) is 7. The van der Waals surface area contributed by atoms with Gasteiger partial charge in [0.1, 0.15) is 0 Å². The van der Waals surface area contributed by atoms with Crippen LogP contribution in [0, 0.1) is 0 Å². The van der Waals surface area contributed by atoms with E-state index in [9.17, 15) is 29.4 Å². The van der Waals surface area contributed by atoms with Crippen molar-refractivity contribution < 1.29 is 38.9 Å². The number of rotatable bonds is 5. The second-order valence-electron chi connectivity index (χ2n) is 6.62. The Morgan fingerprint density at radius 3 is 2.42 bits per heavy atom. The van der Waals surface area contributed by atoms with Gasteiger partial charge >= 0.3 is 17.7 Å². The fraction of sp³-hybridized carbons (Fsp3) is 0.100. The highest BCUT2D eigenvalue weighted by molar-refractivity contribution is 9.10. The Morgan fingerprint density at radius 1 is 1.00 bits per heavy atom. The van der Waals surface area contributed by atoms with Crippen LogP contribution in [0.4, 0.5) is 0 Å². The normalized spacial score (nSPS) is 17.1. The predicted molar refractivity (Wildman–Crippen MR) is 107 cm³/mol. The molecule has 2 heterocycles. The molecule has 0 fully saturated rings. The van der Waals surface area contributed by atoms with E-state index in [0.29, 0.717) is 21.2 Å². The number of carbonyl (C=O) groups excluding carboxylic acids is 2. The number of imide groups is 1. The summed E-state index contributed by atoms with van der Waals surface area (Å²) in [6, 6.07) is 9.37. The zero-order valence-electron chi connectivity index (χ0n) is 15.5. The first-order valence-corrected chi connectivity index (χ1v) is 9.57. The standard InChI is InChI=1S/C20H13BrN2O8/c21-10-2-3-11-12(6-10)13(17(25)23-16(11)24)8-22-7-9-1-4-14-15(5-9)31-20(30-14,18(26)27)19(28)29/h1-6,8,22H,7H2,(H,26,27)(H,28,29)(H,23,24,25). The van der Waals surface area contributed by atoms with Gasteiger partial charge in [0.05, 0.1) is 5.57 Å². The van der Waals surface area contributed by atoms with Crippen molar-refractivity contribution in [3.63, 3.8) is 0 Å². The van der Waals surface area contributed by atoms with Crippen LogP contribution in [0.2, 0.25) is 0 Å². The molecule has 2 aliphatic rings. The molecule has 2 aliphatic heterocycles. The molecule has 4 rings (SSSR count). The maximum Gasteiger partial charge on any atom is 0.453 e. The Labute approximate surface area is 182 Å². The van der Waals surface area contributed by atoms with Gasteiger partial charge in [-0.3, -0.25) is 14.9 Å². The van der Waals surface area contributed by atoms with Gasteiger partial charge in [-0.05, 0) is 35.9 Å². The zero-order valence-corrected chi connectivity index (χ0v) is 17.1. The van der Waals surface area contributed by atoms with Gasteiger partial charge in [0.25, 0.3) is 11.8 Å². The number of benzene rings is 2. The van der Waals surface area contributed by atoms with Crippen LogP contribution in [-0.2, 0) is 20.9 Å². The van der Waals surface area contributed by atoms with Gasteiger partial charge in [-0.25, -0.2) is 9.59 Å². The molecule has 0 saturated carbocycles. The summed E-state index contributed by atoms with van der Waals surface area (Å²) in [4.78, 5) is 46.9. The van der Waals surface area contributed by atoms with Crippen LogP contribution in [0.3, 0.4) is 0 Å². The first-order chi connectivity index (χ1) is 14.7. The second kappa shape index (κ2) is 7.43. The van der Waals surface area contributed by atoms with Crippen LogP contribution >= 0.6 is 15.9 Å².